The maximum atomic E-state index is 8.90. The molecule has 19 heavy (non-hydrogen) atoms. The molecule has 0 aromatic heterocycles. The number of hydrogen-bond donors (Lipinski definition) is 1. The molecule has 100 valence electrons. The van der Waals surface area contributed by atoms with E-state index in [4.69, 9.17) is 10.5 Å². The van der Waals surface area contributed by atoms with E-state index in [0.717, 1.165) is 32.4 Å². The third-order valence-corrected chi connectivity index (χ3v) is 3.12. The lowest BCUT2D eigenvalue weighted by molar-refractivity contribution is 0.422. The lowest BCUT2D eigenvalue weighted by Crippen LogP contribution is -2.15. The van der Waals surface area contributed by atoms with Crippen LogP contribution in [0.1, 0.15) is 44.2 Å². The number of rotatable bonds is 7. The molecular weight excluding hydrogens is 234 g/mol. The Morgan fingerprint density at radius 3 is 2.37 bits per heavy atom. The van der Waals surface area contributed by atoms with Crippen LogP contribution < -0.4 is 5.32 Å². The molecule has 1 N–H and O–H groups in total. The predicted octanol–water partition coefficient (Wildman–Crippen LogP) is 3.37. The molecule has 1 aromatic carbocycles. The van der Waals surface area contributed by atoms with Gasteiger partial charge in [0, 0.05) is 6.54 Å². The summed E-state index contributed by atoms with van der Waals surface area (Å²) >= 11 is 0. The van der Waals surface area contributed by atoms with E-state index in [-0.39, 0.29) is 5.41 Å². The molecule has 1 rings (SSSR count). The van der Waals surface area contributed by atoms with Gasteiger partial charge in [-0.15, -0.1) is 0 Å². The Balaban J connectivity index is 2.14. The largest absolute Gasteiger partial charge is 0.313 e. The summed E-state index contributed by atoms with van der Waals surface area (Å²) in [5, 5.41) is 21.0. The molecule has 0 saturated carbocycles. The van der Waals surface area contributed by atoms with Gasteiger partial charge in [-0.3, -0.25) is 0 Å². The van der Waals surface area contributed by atoms with Gasteiger partial charge in [0.05, 0.1) is 23.1 Å². The quantitative estimate of drug-likeness (QED) is 0.760. The van der Waals surface area contributed by atoms with E-state index in [0.29, 0.717) is 5.56 Å². The molecule has 1 aromatic rings. The van der Waals surface area contributed by atoms with Crippen LogP contribution in [0.4, 0.5) is 0 Å². The highest BCUT2D eigenvalue weighted by Crippen LogP contribution is 2.21. The second-order valence-electron chi connectivity index (χ2n) is 5.44. The molecule has 0 saturated heterocycles. The molecule has 0 amide bonds. The molecule has 0 radical (unpaired) electrons. The van der Waals surface area contributed by atoms with Crippen LogP contribution in [0.3, 0.4) is 0 Å². The van der Waals surface area contributed by atoms with E-state index in [9.17, 15) is 0 Å². The number of nitrogens with one attached hydrogen (secondary N) is 1. The molecule has 0 spiro atoms. The first-order valence-electron chi connectivity index (χ1n) is 6.68. The summed E-state index contributed by atoms with van der Waals surface area (Å²) in [7, 11) is 0. The van der Waals surface area contributed by atoms with Gasteiger partial charge in [0.1, 0.15) is 0 Å². The summed E-state index contributed by atoms with van der Waals surface area (Å²) in [6, 6.07) is 12.1. The first-order chi connectivity index (χ1) is 9.07. The van der Waals surface area contributed by atoms with E-state index in [1.807, 2.05) is 38.1 Å². The highest BCUT2D eigenvalue weighted by Gasteiger charge is 2.15. The zero-order valence-corrected chi connectivity index (χ0v) is 11.7. The van der Waals surface area contributed by atoms with Crippen LogP contribution in [0.2, 0.25) is 0 Å². The fourth-order valence-electron chi connectivity index (χ4n) is 1.80. The maximum Gasteiger partial charge on any atom is 0.0991 e. The summed E-state index contributed by atoms with van der Waals surface area (Å²) in [5.41, 5.74) is 1.69. The summed E-state index contributed by atoms with van der Waals surface area (Å²) < 4.78 is 0. The first kappa shape index (κ1) is 15.2. The Bertz CT molecular complexity index is 460. The van der Waals surface area contributed by atoms with Crippen molar-refractivity contribution in [1.29, 1.82) is 10.5 Å². The minimum atomic E-state index is -0.201. The van der Waals surface area contributed by atoms with Gasteiger partial charge in [0.25, 0.3) is 0 Å². The second-order valence-corrected chi connectivity index (χ2v) is 5.44. The molecule has 0 aliphatic carbocycles. The first-order valence-corrected chi connectivity index (χ1v) is 6.68. The van der Waals surface area contributed by atoms with Crippen LogP contribution in [0.5, 0.6) is 0 Å². The molecule has 0 aliphatic rings. The average Bonchev–Trinajstić information content (AvgIpc) is 2.43. The Labute approximate surface area is 115 Å². The van der Waals surface area contributed by atoms with E-state index in [1.54, 1.807) is 0 Å². The summed E-state index contributed by atoms with van der Waals surface area (Å²) in [6.07, 6.45) is 3.10. The van der Waals surface area contributed by atoms with Gasteiger partial charge in [-0.25, -0.2) is 0 Å². The molecule has 3 nitrogen and oxygen atoms in total. The number of benzene rings is 1. The van der Waals surface area contributed by atoms with Crippen molar-refractivity contribution in [3.8, 4) is 12.1 Å². The van der Waals surface area contributed by atoms with Gasteiger partial charge < -0.3 is 5.32 Å². The van der Waals surface area contributed by atoms with Crippen LogP contribution in [0.25, 0.3) is 0 Å². The van der Waals surface area contributed by atoms with Crippen molar-refractivity contribution in [2.75, 3.05) is 6.54 Å². The Hall–Kier alpha value is -1.84. The topological polar surface area (TPSA) is 59.6 Å². The zero-order valence-electron chi connectivity index (χ0n) is 11.7. The van der Waals surface area contributed by atoms with Gasteiger partial charge in [0.2, 0.25) is 0 Å². The number of nitrogens with zero attached hydrogens (tertiary/aromatic N) is 2. The monoisotopic (exact) mass is 255 g/mol. The third-order valence-electron chi connectivity index (χ3n) is 3.12. The standard InChI is InChI=1S/C16H21N3/c1-16(2,13-18)9-3-4-10-19-12-15-7-5-14(11-17)6-8-15/h5-8,19H,3-4,9-10,12H2,1-2H3. The molecular formula is C16H21N3. The smallest absolute Gasteiger partial charge is 0.0991 e. The minimum absolute atomic E-state index is 0.201. The summed E-state index contributed by atoms with van der Waals surface area (Å²) in [5.74, 6) is 0. The molecule has 0 bridgehead atoms. The van der Waals surface area contributed by atoms with Crippen molar-refractivity contribution in [3.63, 3.8) is 0 Å². The molecule has 3 heteroatoms. The van der Waals surface area contributed by atoms with Gasteiger partial charge in [-0.2, -0.15) is 10.5 Å². The lowest BCUT2D eigenvalue weighted by Gasteiger charge is -2.14. The maximum absolute atomic E-state index is 8.90. The van der Waals surface area contributed by atoms with E-state index in [1.165, 1.54) is 5.56 Å². The summed E-state index contributed by atoms with van der Waals surface area (Å²) in [4.78, 5) is 0. The van der Waals surface area contributed by atoms with Crippen LogP contribution in [-0.4, -0.2) is 6.54 Å². The fraction of sp³-hybridized carbons (Fsp3) is 0.500. The van der Waals surface area contributed by atoms with Gasteiger partial charge in [-0.1, -0.05) is 18.6 Å². The van der Waals surface area contributed by atoms with Crippen LogP contribution in [0.15, 0.2) is 24.3 Å². The minimum Gasteiger partial charge on any atom is -0.313 e. The van der Waals surface area contributed by atoms with Crippen molar-refractivity contribution < 1.29 is 0 Å². The third kappa shape index (κ3) is 6.04. The second kappa shape index (κ2) is 7.56. The van der Waals surface area contributed by atoms with Gasteiger partial charge in [0.15, 0.2) is 0 Å². The number of unbranched alkanes of at least 4 members (excludes halogenated alkanes) is 1. The fourth-order valence-corrected chi connectivity index (χ4v) is 1.80. The average molecular weight is 255 g/mol. The molecule has 0 aliphatic heterocycles. The predicted molar refractivity (Wildman–Crippen MR) is 76.1 cm³/mol. The molecule has 0 fully saturated rings. The van der Waals surface area contributed by atoms with E-state index >= 15 is 0 Å². The van der Waals surface area contributed by atoms with Crippen molar-refractivity contribution in [2.24, 2.45) is 5.41 Å². The van der Waals surface area contributed by atoms with Gasteiger partial charge >= 0.3 is 0 Å². The lowest BCUT2D eigenvalue weighted by atomic mass is 9.89. The van der Waals surface area contributed by atoms with Crippen molar-refractivity contribution in [3.05, 3.63) is 35.4 Å². The normalized spacial score (nSPS) is 10.7. The Morgan fingerprint density at radius 1 is 1.11 bits per heavy atom. The Morgan fingerprint density at radius 2 is 1.79 bits per heavy atom. The van der Waals surface area contributed by atoms with E-state index in [2.05, 4.69) is 17.5 Å². The van der Waals surface area contributed by atoms with Crippen LogP contribution in [-0.2, 0) is 6.54 Å². The Kier molecular flexibility index (Phi) is 6.06. The zero-order chi connectivity index (χ0) is 14.1. The van der Waals surface area contributed by atoms with Crippen molar-refractivity contribution >= 4 is 0 Å². The highest BCUT2D eigenvalue weighted by atomic mass is 14.8. The van der Waals surface area contributed by atoms with E-state index < -0.39 is 0 Å². The molecule has 0 atom stereocenters. The van der Waals surface area contributed by atoms with Crippen LogP contribution >= 0.6 is 0 Å². The molecule has 0 unspecified atom stereocenters. The highest BCUT2D eigenvalue weighted by molar-refractivity contribution is 5.31. The van der Waals surface area contributed by atoms with Gasteiger partial charge in [-0.05, 0) is 50.9 Å². The summed E-state index contributed by atoms with van der Waals surface area (Å²) in [6.45, 7) is 5.75. The number of nitriles is 2. The van der Waals surface area contributed by atoms with Crippen molar-refractivity contribution in [1.82, 2.24) is 5.32 Å². The number of hydrogen-bond acceptors (Lipinski definition) is 3. The molecule has 0 heterocycles. The SMILES string of the molecule is CC(C)(C#N)CCCCNCc1ccc(C#N)cc1. The van der Waals surface area contributed by atoms with Crippen molar-refractivity contribution in [2.45, 2.75) is 39.7 Å². The van der Waals surface area contributed by atoms with Crippen LogP contribution in [0, 0.1) is 28.1 Å².